The number of benzene rings is 2. The number of rotatable bonds is 14. The van der Waals surface area contributed by atoms with E-state index in [2.05, 4.69) is 0 Å². The van der Waals surface area contributed by atoms with E-state index in [0.717, 1.165) is 5.56 Å². The average molecular weight is 626 g/mol. The van der Waals surface area contributed by atoms with E-state index in [1.54, 1.807) is 49.3 Å². The Morgan fingerprint density at radius 3 is 2.20 bits per heavy atom. The van der Waals surface area contributed by atoms with Crippen molar-refractivity contribution in [3.8, 4) is 11.5 Å². The van der Waals surface area contributed by atoms with E-state index in [0.29, 0.717) is 69.3 Å². The largest absolute Gasteiger partial charge is 0.493 e. The molecule has 2 atom stereocenters. The zero-order valence-corrected chi connectivity index (χ0v) is 28.2. The second kappa shape index (κ2) is 16.5. The summed E-state index contributed by atoms with van der Waals surface area (Å²) in [4.78, 5) is 45.5. The highest BCUT2D eigenvalue weighted by molar-refractivity contribution is 5.95. The van der Waals surface area contributed by atoms with Crippen LogP contribution in [0.15, 0.2) is 48.5 Å². The summed E-state index contributed by atoms with van der Waals surface area (Å²) in [7, 11) is 5.01. The zero-order chi connectivity index (χ0) is 33.1. The highest BCUT2D eigenvalue weighted by atomic mass is 16.6. The second-order valence-electron chi connectivity index (χ2n) is 13.0. The fourth-order valence-electron chi connectivity index (χ4n) is 5.44. The minimum Gasteiger partial charge on any atom is -0.493 e. The molecule has 45 heavy (non-hydrogen) atoms. The molecular formula is C35H51N3O7. The minimum absolute atomic E-state index is 0.00345. The van der Waals surface area contributed by atoms with Crippen molar-refractivity contribution in [3.63, 3.8) is 0 Å². The SMILES string of the molecule is COCCCOc1cc(C(=O)N(CC2CN(C(=O)OC(C)(C)C)CC2CN(C)C(=O)Cc2ccccc2)C(C)C)ccc1OC. The molecule has 0 aromatic heterocycles. The molecule has 3 rings (SSSR count). The number of carbonyl (C=O) groups is 3. The highest BCUT2D eigenvalue weighted by Crippen LogP contribution is 2.31. The molecule has 2 aromatic carbocycles. The van der Waals surface area contributed by atoms with Gasteiger partial charge in [0.15, 0.2) is 11.5 Å². The summed E-state index contributed by atoms with van der Waals surface area (Å²) in [6.07, 6.45) is 0.616. The summed E-state index contributed by atoms with van der Waals surface area (Å²) in [5.41, 5.74) is 0.802. The quantitative estimate of drug-likeness (QED) is 0.268. The lowest BCUT2D eigenvalue weighted by Gasteiger charge is -2.32. The van der Waals surface area contributed by atoms with Gasteiger partial charge in [-0.05, 0) is 58.4 Å². The Morgan fingerprint density at radius 2 is 1.60 bits per heavy atom. The molecule has 0 bridgehead atoms. The van der Waals surface area contributed by atoms with Gasteiger partial charge < -0.3 is 33.6 Å². The Hall–Kier alpha value is -3.79. The number of ether oxygens (including phenoxy) is 4. The molecule has 1 fully saturated rings. The number of amides is 3. The first-order chi connectivity index (χ1) is 21.3. The maximum atomic E-state index is 14.0. The Balaban J connectivity index is 1.81. The van der Waals surface area contributed by atoms with E-state index in [-0.39, 0.29) is 35.8 Å². The maximum Gasteiger partial charge on any atom is 0.410 e. The molecular weight excluding hydrogens is 574 g/mol. The lowest BCUT2D eigenvalue weighted by atomic mass is 9.94. The fraction of sp³-hybridized carbons (Fsp3) is 0.571. The number of hydrogen-bond acceptors (Lipinski definition) is 7. The van der Waals surface area contributed by atoms with E-state index in [4.69, 9.17) is 18.9 Å². The molecule has 0 aliphatic carbocycles. The summed E-state index contributed by atoms with van der Waals surface area (Å²) in [5.74, 6) is 0.787. The van der Waals surface area contributed by atoms with Crippen molar-refractivity contribution in [2.45, 2.75) is 59.1 Å². The first kappa shape index (κ1) is 35.7. The average Bonchev–Trinajstić information content (AvgIpc) is 3.39. The Kier molecular flexibility index (Phi) is 13.1. The fourth-order valence-corrected chi connectivity index (χ4v) is 5.44. The van der Waals surface area contributed by atoms with E-state index in [9.17, 15) is 14.4 Å². The van der Waals surface area contributed by atoms with Crippen molar-refractivity contribution < 1.29 is 33.3 Å². The van der Waals surface area contributed by atoms with Crippen LogP contribution in [0.3, 0.4) is 0 Å². The minimum atomic E-state index is -0.634. The molecule has 10 heteroatoms. The number of hydrogen-bond donors (Lipinski definition) is 0. The molecule has 1 saturated heterocycles. The smallest absolute Gasteiger partial charge is 0.410 e. The molecule has 2 aromatic rings. The summed E-state index contributed by atoms with van der Waals surface area (Å²) >= 11 is 0. The topological polar surface area (TPSA) is 97.9 Å². The summed E-state index contributed by atoms with van der Waals surface area (Å²) in [6.45, 7) is 12.2. The number of likely N-dealkylation sites (N-methyl/N-ethyl adjacent to an activating group) is 1. The van der Waals surface area contributed by atoms with Crippen LogP contribution < -0.4 is 9.47 Å². The number of carbonyl (C=O) groups excluding carboxylic acids is 3. The van der Waals surface area contributed by atoms with Crippen LogP contribution in [0, 0.1) is 11.8 Å². The van der Waals surface area contributed by atoms with Gasteiger partial charge in [-0.1, -0.05) is 30.3 Å². The van der Waals surface area contributed by atoms with Gasteiger partial charge in [0.25, 0.3) is 5.91 Å². The van der Waals surface area contributed by atoms with Gasteiger partial charge in [-0.25, -0.2) is 4.79 Å². The normalized spacial score (nSPS) is 16.4. The molecule has 1 heterocycles. The third kappa shape index (κ3) is 10.7. The Morgan fingerprint density at radius 1 is 0.933 bits per heavy atom. The van der Waals surface area contributed by atoms with Gasteiger partial charge in [-0.2, -0.15) is 0 Å². The van der Waals surface area contributed by atoms with Gasteiger partial charge in [0.2, 0.25) is 5.91 Å². The number of methoxy groups -OCH3 is 2. The standard InChI is InChI=1S/C35H51N3O7/c1-25(2)38(33(40)27-15-16-30(43-8)31(20-27)44-18-12-17-42-7)24-29-23-37(34(41)45-35(3,4)5)22-28(29)21-36(6)32(39)19-26-13-10-9-11-14-26/h9-11,13-16,20,25,28-29H,12,17-19,21-24H2,1-8H3. The summed E-state index contributed by atoms with van der Waals surface area (Å²) < 4.78 is 22.2. The van der Waals surface area contributed by atoms with Gasteiger partial charge >= 0.3 is 6.09 Å². The highest BCUT2D eigenvalue weighted by Gasteiger charge is 2.40. The Labute approximate surface area is 268 Å². The van der Waals surface area contributed by atoms with Crippen LogP contribution in [-0.2, 0) is 20.7 Å². The third-order valence-corrected chi connectivity index (χ3v) is 7.84. The number of likely N-dealkylation sites (tertiary alicyclic amines) is 1. The predicted molar refractivity (Wildman–Crippen MR) is 174 cm³/mol. The van der Waals surface area contributed by atoms with Crippen molar-refractivity contribution in [1.82, 2.24) is 14.7 Å². The second-order valence-corrected chi connectivity index (χ2v) is 13.0. The monoisotopic (exact) mass is 625 g/mol. The third-order valence-electron chi connectivity index (χ3n) is 7.84. The molecule has 10 nitrogen and oxygen atoms in total. The maximum absolute atomic E-state index is 14.0. The molecule has 3 amide bonds. The molecule has 1 aliphatic heterocycles. The van der Waals surface area contributed by atoms with Gasteiger partial charge in [0.05, 0.1) is 20.1 Å². The van der Waals surface area contributed by atoms with Crippen molar-refractivity contribution in [2.24, 2.45) is 11.8 Å². The van der Waals surface area contributed by atoms with Gasteiger partial charge in [0, 0.05) is 76.8 Å². The molecule has 2 unspecified atom stereocenters. The zero-order valence-electron chi connectivity index (χ0n) is 28.2. The van der Waals surface area contributed by atoms with Crippen molar-refractivity contribution in [2.75, 3.05) is 60.7 Å². The first-order valence-corrected chi connectivity index (χ1v) is 15.7. The Bertz CT molecular complexity index is 1260. The van der Waals surface area contributed by atoms with Crippen LogP contribution in [0.2, 0.25) is 0 Å². The molecule has 248 valence electrons. The van der Waals surface area contributed by atoms with Gasteiger partial charge in [-0.3, -0.25) is 9.59 Å². The first-order valence-electron chi connectivity index (χ1n) is 15.7. The van der Waals surface area contributed by atoms with Gasteiger partial charge in [0.1, 0.15) is 5.60 Å². The molecule has 1 aliphatic rings. The van der Waals surface area contributed by atoms with Gasteiger partial charge in [-0.15, -0.1) is 0 Å². The summed E-state index contributed by atoms with van der Waals surface area (Å²) in [6, 6.07) is 14.7. The lowest BCUT2D eigenvalue weighted by Crippen LogP contribution is -2.44. The number of nitrogens with zero attached hydrogens (tertiary/aromatic N) is 3. The van der Waals surface area contributed by atoms with E-state index < -0.39 is 5.60 Å². The molecule has 0 radical (unpaired) electrons. The predicted octanol–water partition coefficient (Wildman–Crippen LogP) is 5.15. The van der Waals surface area contributed by atoms with Crippen LogP contribution in [0.1, 0.15) is 57.0 Å². The summed E-state index contributed by atoms with van der Waals surface area (Å²) in [5, 5.41) is 0. The van der Waals surface area contributed by atoms with Crippen molar-refractivity contribution in [1.29, 1.82) is 0 Å². The van der Waals surface area contributed by atoms with E-state index in [1.807, 2.05) is 69.9 Å². The van der Waals surface area contributed by atoms with Crippen molar-refractivity contribution in [3.05, 3.63) is 59.7 Å². The molecule has 0 spiro atoms. The van der Waals surface area contributed by atoms with E-state index in [1.165, 1.54) is 0 Å². The van der Waals surface area contributed by atoms with Crippen LogP contribution >= 0.6 is 0 Å². The van der Waals surface area contributed by atoms with Crippen LogP contribution in [0.4, 0.5) is 4.79 Å². The van der Waals surface area contributed by atoms with Crippen molar-refractivity contribution >= 4 is 17.9 Å². The molecule has 0 saturated carbocycles. The van der Waals surface area contributed by atoms with Crippen LogP contribution in [0.5, 0.6) is 11.5 Å². The van der Waals surface area contributed by atoms with Crippen LogP contribution in [-0.4, -0.2) is 105 Å². The molecule has 0 N–H and O–H groups in total. The lowest BCUT2D eigenvalue weighted by molar-refractivity contribution is -0.129. The van der Waals surface area contributed by atoms with E-state index >= 15 is 0 Å². The van der Waals surface area contributed by atoms with Crippen LogP contribution in [0.25, 0.3) is 0 Å².